The van der Waals surface area contributed by atoms with Crippen molar-refractivity contribution in [3.05, 3.63) is 24.2 Å². The molecule has 0 saturated carbocycles. The highest BCUT2D eigenvalue weighted by molar-refractivity contribution is 7.91. The molecule has 2 amide bonds. The summed E-state index contributed by atoms with van der Waals surface area (Å²) in [5.74, 6) is -0.491. The van der Waals surface area contributed by atoms with Gasteiger partial charge in [-0.25, -0.2) is 8.42 Å². The monoisotopic (exact) mass is 368 g/mol. The van der Waals surface area contributed by atoms with Gasteiger partial charge in [0, 0.05) is 19.0 Å². The minimum atomic E-state index is -3.28. The molecule has 3 rings (SSSR count). The number of hydrogen-bond donors (Lipinski definition) is 0. The van der Waals surface area contributed by atoms with Crippen molar-refractivity contribution in [2.75, 3.05) is 24.6 Å². The van der Waals surface area contributed by atoms with Crippen LogP contribution in [0.4, 0.5) is 0 Å². The molecule has 0 spiro atoms. The molecular formula is C17H24N2O5S. The van der Waals surface area contributed by atoms with Gasteiger partial charge in [0.25, 0.3) is 5.91 Å². The van der Waals surface area contributed by atoms with Crippen molar-refractivity contribution in [3.63, 3.8) is 0 Å². The third-order valence-corrected chi connectivity index (χ3v) is 7.02. The highest BCUT2D eigenvalue weighted by Gasteiger charge is 2.50. The lowest BCUT2D eigenvalue weighted by Gasteiger charge is -2.44. The molecule has 2 atom stereocenters. The van der Waals surface area contributed by atoms with Crippen LogP contribution in [0, 0.1) is 5.92 Å². The van der Waals surface area contributed by atoms with E-state index in [1.807, 2.05) is 13.8 Å². The van der Waals surface area contributed by atoms with Gasteiger partial charge in [0.1, 0.15) is 6.26 Å². The number of fused-ring (bicyclic) bond motifs is 1. The molecule has 25 heavy (non-hydrogen) atoms. The van der Waals surface area contributed by atoms with Gasteiger partial charge in [0.2, 0.25) is 5.91 Å². The largest absolute Gasteiger partial charge is 0.472 e. The van der Waals surface area contributed by atoms with Gasteiger partial charge < -0.3 is 14.2 Å². The molecule has 2 saturated heterocycles. The molecule has 7 nitrogen and oxygen atoms in total. The fourth-order valence-electron chi connectivity index (χ4n) is 3.90. The van der Waals surface area contributed by atoms with Gasteiger partial charge in [-0.15, -0.1) is 0 Å². The van der Waals surface area contributed by atoms with E-state index in [1.165, 1.54) is 12.5 Å². The Labute approximate surface area is 147 Å². The molecule has 0 N–H and O–H groups in total. The fraction of sp³-hybridized carbons (Fsp3) is 0.647. The first-order valence-corrected chi connectivity index (χ1v) is 10.5. The van der Waals surface area contributed by atoms with Crippen LogP contribution in [-0.4, -0.2) is 66.7 Å². The van der Waals surface area contributed by atoms with Gasteiger partial charge >= 0.3 is 0 Å². The van der Waals surface area contributed by atoms with Crippen molar-refractivity contribution >= 4 is 21.7 Å². The van der Waals surface area contributed by atoms with Crippen LogP contribution in [0.1, 0.15) is 37.0 Å². The maximum absolute atomic E-state index is 12.8. The zero-order valence-corrected chi connectivity index (χ0v) is 15.4. The van der Waals surface area contributed by atoms with Gasteiger partial charge in [-0.2, -0.15) is 0 Å². The lowest BCUT2D eigenvalue weighted by atomic mass is 9.97. The number of hydrogen-bond acceptors (Lipinski definition) is 5. The summed E-state index contributed by atoms with van der Waals surface area (Å²) in [6.45, 7) is 4.64. The van der Waals surface area contributed by atoms with Crippen molar-refractivity contribution in [2.24, 2.45) is 5.92 Å². The zero-order chi connectivity index (χ0) is 18.2. The lowest BCUT2D eigenvalue weighted by Crippen LogP contribution is -2.62. The topological polar surface area (TPSA) is 87.9 Å². The molecule has 8 heteroatoms. The third kappa shape index (κ3) is 3.31. The third-order valence-electron chi connectivity index (χ3n) is 5.32. The van der Waals surface area contributed by atoms with Crippen molar-refractivity contribution in [1.29, 1.82) is 0 Å². The number of furan rings is 1. The van der Waals surface area contributed by atoms with Crippen LogP contribution in [0.15, 0.2) is 23.0 Å². The molecule has 2 aliphatic rings. The predicted octanol–water partition coefficient (Wildman–Crippen LogP) is 1.17. The van der Waals surface area contributed by atoms with Crippen LogP contribution in [0.2, 0.25) is 0 Å². The van der Waals surface area contributed by atoms with Gasteiger partial charge in [-0.05, 0) is 18.9 Å². The predicted molar refractivity (Wildman–Crippen MR) is 91.8 cm³/mol. The Hall–Kier alpha value is -1.83. The van der Waals surface area contributed by atoms with E-state index >= 15 is 0 Å². The smallest absolute Gasteiger partial charge is 0.257 e. The molecule has 3 heterocycles. The number of carbonyl (C=O) groups is 2. The van der Waals surface area contributed by atoms with Crippen LogP contribution in [0.3, 0.4) is 0 Å². The Balaban J connectivity index is 1.87. The second-order valence-corrected chi connectivity index (χ2v) is 8.92. The van der Waals surface area contributed by atoms with Crippen molar-refractivity contribution < 1.29 is 22.4 Å². The summed E-state index contributed by atoms with van der Waals surface area (Å²) >= 11 is 0. The summed E-state index contributed by atoms with van der Waals surface area (Å²) in [6.07, 6.45) is 4.24. The van der Waals surface area contributed by atoms with E-state index in [4.69, 9.17) is 4.42 Å². The Morgan fingerprint density at radius 2 is 1.76 bits per heavy atom. The molecule has 0 aliphatic carbocycles. The molecule has 1 aromatic heterocycles. The Bertz CT molecular complexity index is 739. The SMILES string of the molecule is CCC(CC)C(=O)N1CCN(C(=O)c2ccoc2)[C@@H]2CS(=O)(=O)C[C@@H]21. The molecule has 2 fully saturated rings. The van der Waals surface area contributed by atoms with Crippen LogP contribution in [0.25, 0.3) is 0 Å². The zero-order valence-electron chi connectivity index (χ0n) is 14.6. The van der Waals surface area contributed by atoms with Crippen molar-refractivity contribution in [2.45, 2.75) is 38.8 Å². The standard InChI is InChI=1S/C17H24N2O5S/c1-3-12(4-2)16(20)18-6-7-19(17(21)13-5-8-24-9-13)15-11-25(22,23)10-14(15)18/h5,8-9,12,14-15H,3-4,6-7,10-11H2,1-2H3/t14-,15+/m0/s1. The second kappa shape index (κ2) is 6.82. The van der Waals surface area contributed by atoms with E-state index in [0.29, 0.717) is 18.7 Å². The minimum Gasteiger partial charge on any atom is -0.472 e. The Morgan fingerprint density at radius 1 is 1.16 bits per heavy atom. The van der Waals surface area contributed by atoms with Gasteiger partial charge in [-0.1, -0.05) is 13.8 Å². The molecule has 1 aromatic rings. The van der Waals surface area contributed by atoms with Gasteiger partial charge in [0.15, 0.2) is 9.84 Å². The molecule has 0 aromatic carbocycles. The summed E-state index contributed by atoms with van der Waals surface area (Å²) in [5, 5.41) is 0. The summed E-state index contributed by atoms with van der Waals surface area (Å²) in [6, 6.07) is 0.629. The summed E-state index contributed by atoms with van der Waals surface area (Å²) in [7, 11) is -3.28. The van der Waals surface area contributed by atoms with Gasteiger partial charge in [-0.3, -0.25) is 9.59 Å². The quantitative estimate of drug-likeness (QED) is 0.796. The van der Waals surface area contributed by atoms with E-state index in [2.05, 4.69) is 0 Å². The highest BCUT2D eigenvalue weighted by Crippen LogP contribution is 2.30. The minimum absolute atomic E-state index is 0.00695. The molecule has 2 aliphatic heterocycles. The normalized spacial score (nSPS) is 25.2. The average Bonchev–Trinajstić information content (AvgIpc) is 3.20. The van der Waals surface area contributed by atoms with E-state index in [1.54, 1.807) is 15.9 Å². The van der Waals surface area contributed by atoms with Crippen molar-refractivity contribution in [3.8, 4) is 0 Å². The molecule has 0 radical (unpaired) electrons. The number of rotatable bonds is 4. The Kier molecular flexibility index (Phi) is 4.90. The molecule has 0 unspecified atom stereocenters. The number of nitrogens with zero attached hydrogens (tertiary/aromatic N) is 2. The van der Waals surface area contributed by atoms with Crippen LogP contribution >= 0.6 is 0 Å². The van der Waals surface area contributed by atoms with Crippen LogP contribution in [0.5, 0.6) is 0 Å². The summed E-state index contributed by atoms with van der Waals surface area (Å²) < 4.78 is 29.4. The van der Waals surface area contributed by atoms with Gasteiger partial charge in [0.05, 0.1) is 35.4 Å². The molecular weight excluding hydrogens is 344 g/mol. The first-order chi connectivity index (χ1) is 11.9. The maximum atomic E-state index is 12.8. The van der Waals surface area contributed by atoms with Crippen molar-refractivity contribution in [1.82, 2.24) is 9.80 Å². The van der Waals surface area contributed by atoms with E-state index in [-0.39, 0.29) is 29.2 Å². The Morgan fingerprint density at radius 3 is 2.32 bits per heavy atom. The molecule has 138 valence electrons. The van der Waals surface area contributed by atoms with Crippen LogP contribution in [-0.2, 0) is 14.6 Å². The number of sulfone groups is 1. The average molecular weight is 368 g/mol. The second-order valence-electron chi connectivity index (χ2n) is 6.77. The number of piperazine rings is 1. The van der Waals surface area contributed by atoms with E-state index < -0.39 is 21.9 Å². The van der Waals surface area contributed by atoms with E-state index in [0.717, 1.165) is 12.8 Å². The molecule has 0 bridgehead atoms. The van der Waals surface area contributed by atoms with Crippen LogP contribution < -0.4 is 0 Å². The maximum Gasteiger partial charge on any atom is 0.257 e. The summed E-state index contributed by atoms with van der Waals surface area (Å²) in [5.41, 5.74) is 0.405. The highest BCUT2D eigenvalue weighted by atomic mass is 32.2. The fourth-order valence-corrected chi connectivity index (χ4v) is 5.88. The first kappa shape index (κ1) is 18.0. The summed E-state index contributed by atoms with van der Waals surface area (Å²) in [4.78, 5) is 28.8. The number of amides is 2. The number of carbonyl (C=O) groups excluding carboxylic acids is 2. The first-order valence-electron chi connectivity index (χ1n) is 8.72. The lowest BCUT2D eigenvalue weighted by molar-refractivity contribution is -0.141. The van der Waals surface area contributed by atoms with E-state index in [9.17, 15) is 18.0 Å².